The fourth-order valence-corrected chi connectivity index (χ4v) is 4.73. The molecule has 2 aliphatic heterocycles. The highest BCUT2D eigenvalue weighted by molar-refractivity contribution is 7.92. The summed E-state index contributed by atoms with van der Waals surface area (Å²) in [6, 6.07) is 6.21. The number of nitrogens with zero attached hydrogens (tertiary/aromatic N) is 2. The third-order valence-electron chi connectivity index (χ3n) is 4.26. The summed E-state index contributed by atoms with van der Waals surface area (Å²) in [5.41, 5.74) is 3.28. The van der Waals surface area contributed by atoms with Crippen molar-refractivity contribution in [3.8, 4) is 0 Å². The molecule has 0 saturated carbocycles. The topological polar surface area (TPSA) is 40.6 Å². The Morgan fingerprint density at radius 3 is 2.74 bits per heavy atom. The monoisotopic (exact) mass is 280 g/mol. The van der Waals surface area contributed by atoms with Crippen LogP contribution in [0.5, 0.6) is 0 Å². The first-order valence-electron chi connectivity index (χ1n) is 6.66. The average Bonchev–Trinajstić information content (AvgIpc) is 2.62. The van der Waals surface area contributed by atoms with Crippen LogP contribution in [0.4, 0.5) is 5.69 Å². The first-order valence-corrected chi connectivity index (χ1v) is 8.51. The van der Waals surface area contributed by atoms with Crippen LogP contribution >= 0.6 is 0 Å². The molecule has 19 heavy (non-hydrogen) atoms. The Hall–Kier alpha value is -1.07. The average molecular weight is 280 g/mol. The van der Waals surface area contributed by atoms with Crippen LogP contribution in [0.15, 0.2) is 18.2 Å². The number of anilines is 1. The van der Waals surface area contributed by atoms with Gasteiger partial charge in [0.05, 0.1) is 18.0 Å². The first-order chi connectivity index (χ1) is 8.88. The molecule has 1 saturated heterocycles. The molecule has 0 spiro atoms. The maximum absolute atomic E-state index is 12.1. The molecule has 2 heterocycles. The summed E-state index contributed by atoms with van der Waals surface area (Å²) >= 11 is 0. The van der Waals surface area contributed by atoms with E-state index in [1.54, 1.807) is 4.31 Å². The van der Waals surface area contributed by atoms with Crippen molar-refractivity contribution in [1.29, 1.82) is 0 Å². The molecule has 3 rings (SSSR count). The molecule has 1 fully saturated rings. The van der Waals surface area contributed by atoms with E-state index in [0.717, 1.165) is 25.2 Å². The van der Waals surface area contributed by atoms with Gasteiger partial charge in [-0.25, -0.2) is 8.42 Å². The standard InChI is InChI=1S/C14H20N2O2S/c1-10-4-5-13-11(8-10)12-9-15(2)7-6-14(12)16(13)19(3,17)18/h4-5,8,12,14H,6-7,9H2,1-3H3/t12-,14+/m1/s1. The fraction of sp³-hybridized carbons (Fsp3) is 0.571. The Morgan fingerprint density at radius 1 is 1.32 bits per heavy atom. The molecule has 1 aromatic rings. The summed E-state index contributed by atoms with van der Waals surface area (Å²) in [5, 5.41) is 0. The van der Waals surface area contributed by atoms with Crippen molar-refractivity contribution < 1.29 is 8.42 Å². The van der Waals surface area contributed by atoms with Crippen LogP contribution in [0.1, 0.15) is 23.5 Å². The Labute approximate surface area is 115 Å². The second-order valence-corrected chi connectivity index (χ2v) is 7.71. The highest BCUT2D eigenvalue weighted by Crippen LogP contribution is 2.45. The minimum atomic E-state index is -3.20. The number of likely N-dealkylation sites (N-methyl/N-ethyl adjacent to an activating group) is 1. The molecule has 0 radical (unpaired) electrons. The van der Waals surface area contributed by atoms with Gasteiger partial charge in [0.2, 0.25) is 10.0 Å². The molecule has 0 unspecified atom stereocenters. The van der Waals surface area contributed by atoms with Crippen molar-refractivity contribution in [3.63, 3.8) is 0 Å². The van der Waals surface area contributed by atoms with Crippen molar-refractivity contribution in [2.24, 2.45) is 0 Å². The zero-order valence-corrected chi connectivity index (χ0v) is 12.4. The van der Waals surface area contributed by atoms with Gasteiger partial charge in [-0.15, -0.1) is 0 Å². The van der Waals surface area contributed by atoms with Gasteiger partial charge in [-0.05, 0) is 38.6 Å². The van der Waals surface area contributed by atoms with Crippen molar-refractivity contribution in [2.75, 3.05) is 30.7 Å². The second kappa shape index (κ2) is 4.21. The molecule has 4 nitrogen and oxygen atoms in total. The number of hydrogen-bond acceptors (Lipinski definition) is 3. The number of likely N-dealkylation sites (tertiary alicyclic amines) is 1. The summed E-state index contributed by atoms with van der Waals surface area (Å²) in [6.45, 7) is 3.96. The number of sulfonamides is 1. The number of benzene rings is 1. The van der Waals surface area contributed by atoms with Gasteiger partial charge in [-0.3, -0.25) is 4.31 Å². The Bertz CT molecular complexity index is 612. The zero-order valence-electron chi connectivity index (χ0n) is 11.6. The van der Waals surface area contributed by atoms with E-state index in [1.165, 1.54) is 17.4 Å². The van der Waals surface area contributed by atoms with E-state index >= 15 is 0 Å². The number of piperidine rings is 1. The van der Waals surface area contributed by atoms with E-state index in [0.29, 0.717) is 5.92 Å². The van der Waals surface area contributed by atoms with E-state index in [2.05, 4.69) is 24.9 Å². The van der Waals surface area contributed by atoms with Crippen LogP contribution in [0, 0.1) is 6.92 Å². The minimum absolute atomic E-state index is 0.1000. The molecule has 1 aromatic carbocycles. The first kappa shape index (κ1) is 12.9. The molecule has 104 valence electrons. The van der Waals surface area contributed by atoms with Gasteiger partial charge < -0.3 is 4.90 Å². The van der Waals surface area contributed by atoms with Crippen molar-refractivity contribution in [1.82, 2.24) is 4.90 Å². The molecule has 2 aliphatic rings. The number of aryl methyl sites for hydroxylation is 1. The predicted molar refractivity (Wildman–Crippen MR) is 77.1 cm³/mol. The predicted octanol–water partition coefficient (Wildman–Crippen LogP) is 1.56. The summed E-state index contributed by atoms with van der Waals surface area (Å²) in [5.74, 6) is 0.309. The zero-order chi connectivity index (χ0) is 13.8. The van der Waals surface area contributed by atoms with Crippen LogP contribution in [0.25, 0.3) is 0 Å². The molecular weight excluding hydrogens is 260 g/mol. The van der Waals surface area contributed by atoms with Crippen LogP contribution < -0.4 is 4.31 Å². The molecule has 0 aliphatic carbocycles. The van der Waals surface area contributed by atoms with Crippen LogP contribution in [0.3, 0.4) is 0 Å². The van der Waals surface area contributed by atoms with Gasteiger partial charge in [0.25, 0.3) is 0 Å². The third kappa shape index (κ3) is 2.05. The van der Waals surface area contributed by atoms with Crippen LogP contribution in [-0.2, 0) is 10.0 Å². The van der Waals surface area contributed by atoms with Crippen LogP contribution in [-0.4, -0.2) is 45.8 Å². The lowest BCUT2D eigenvalue weighted by molar-refractivity contribution is 0.237. The summed E-state index contributed by atoms with van der Waals surface area (Å²) < 4.78 is 25.9. The van der Waals surface area contributed by atoms with E-state index in [9.17, 15) is 8.42 Å². The Morgan fingerprint density at radius 2 is 2.05 bits per heavy atom. The van der Waals surface area contributed by atoms with Gasteiger partial charge in [-0.2, -0.15) is 0 Å². The minimum Gasteiger partial charge on any atom is -0.306 e. The van der Waals surface area contributed by atoms with Gasteiger partial charge >= 0.3 is 0 Å². The molecule has 0 bridgehead atoms. The Balaban J connectivity index is 2.15. The molecule has 0 N–H and O–H groups in total. The van der Waals surface area contributed by atoms with Crippen LogP contribution in [0.2, 0.25) is 0 Å². The number of fused-ring (bicyclic) bond motifs is 3. The van der Waals surface area contributed by atoms with Gasteiger partial charge in [0, 0.05) is 12.5 Å². The summed E-state index contributed by atoms with van der Waals surface area (Å²) in [6.07, 6.45) is 2.22. The highest BCUT2D eigenvalue weighted by Gasteiger charge is 2.44. The summed E-state index contributed by atoms with van der Waals surface area (Å²) in [7, 11) is -1.10. The lowest BCUT2D eigenvalue weighted by Crippen LogP contribution is -2.46. The molecular formula is C14H20N2O2S. The third-order valence-corrected chi connectivity index (χ3v) is 5.44. The van der Waals surface area contributed by atoms with E-state index in [4.69, 9.17) is 0 Å². The normalized spacial score (nSPS) is 27.2. The van der Waals surface area contributed by atoms with E-state index in [-0.39, 0.29) is 6.04 Å². The molecule has 0 aromatic heterocycles. The highest BCUT2D eigenvalue weighted by atomic mass is 32.2. The quantitative estimate of drug-likeness (QED) is 0.784. The largest absolute Gasteiger partial charge is 0.306 e. The number of hydrogen-bond donors (Lipinski definition) is 0. The van der Waals surface area contributed by atoms with E-state index in [1.807, 2.05) is 12.1 Å². The number of rotatable bonds is 1. The van der Waals surface area contributed by atoms with E-state index < -0.39 is 10.0 Å². The van der Waals surface area contributed by atoms with Gasteiger partial charge in [0.15, 0.2) is 0 Å². The van der Waals surface area contributed by atoms with Crippen molar-refractivity contribution in [2.45, 2.75) is 25.3 Å². The fourth-order valence-electron chi connectivity index (χ4n) is 3.46. The maximum atomic E-state index is 12.1. The van der Waals surface area contributed by atoms with Gasteiger partial charge in [0.1, 0.15) is 0 Å². The SMILES string of the molecule is Cc1ccc2c(c1)[C@H]1CN(C)CC[C@@H]1N2S(C)(=O)=O. The van der Waals surface area contributed by atoms with Crippen molar-refractivity contribution in [3.05, 3.63) is 29.3 Å². The smallest absolute Gasteiger partial charge is 0.232 e. The Kier molecular flexibility index (Phi) is 2.87. The maximum Gasteiger partial charge on any atom is 0.232 e. The second-order valence-electron chi connectivity index (χ2n) is 5.85. The lowest BCUT2D eigenvalue weighted by Gasteiger charge is -2.36. The molecule has 5 heteroatoms. The van der Waals surface area contributed by atoms with Gasteiger partial charge in [-0.1, -0.05) is 17.7 Å². The lowest BCUT2D eigenvalue weighted by atomic mass is 9.89. The molecule has 2 atom stereocenters. The molecule has 0 amide bonds. The summed E-state index contributed by atoms with van der Waals surface area (Å²) in [4.78, 5) is 2.29. The van der Waals surface area contributed by atoms with Crippen molar-refractivity contribution >= 4 is 15.7 Å².